The second-order valence-electron chi connectivity index (χ2n) is 4.47. The van der Waals surface area contributed by atoms with E-state index >= 15 is 0 Å². The van der Waals surface area contributed by atoms with Crippen LogP contribution in [0.2, 0.25) is 0 Å². The first-order valence-electron chi connectivity index (χ1n) is 6.04. The third-order valence-corrected chi connectivity index (χ3v) is 2.82. The Hall–Kier alpha value is -2.08. The smallest absolute Gasteiger partial charge is 0.321 e. The number of nitrogens with one attached hydrogen (secondary N) is 1. The summed E-state index contributed by atoms with van der Waals surface area (Å²) >= 11 is 0. The zero-order valence-electron chi connectivity index (χ0n) is 11.0. The molecule has 102 valence electrons. The Morgan fingerprint density at radius 3 is 2.58 bits per heavy atom. The first kappa shape index (κ1) is 13.4. The summed E-state index contributed by atoms with van der Waals surface area (Å²) in [4.78, 5) is 26.3. The van der Waals surface area contributed by atoms with Crippen molar-refractivity contribution in [2.24, 2.45) is 0 Å². The third kappa shape index (κ3) is 3.23. The average molecular weight is 263 g/mol. The SMILES string of the molecule is CN(C)C(=O)Nc1ccc(N2CCOCC2=O)cc1. The van der Waals surface area contributed by atoms with E-state index in [9.17, 15) is 9.59 Å². The van der Waals surface area contributed by atoms with Crippen molar-refractivity contribution in [2.75, 3.05) is 44.1 Å². The summed E-state index contributed by atoms with van der Waals surface area (Å²) in [5.41, 5.74) is 1.51. The number of urea groups is 1. The molecule has 1 saturated heterocycles. The van der Waals surface area contributed by atoms with Crippen molar-refractivity contribution in [3.8, 4) is 0 Å². The van der Waals surface area contributed by atoms with E-state index in [4.69, 9.17) is 4.74 Å². The number of nitrogens with zero attached hydrogens (tertiary/aromatic N) is 2. The molecular formula is C13H17N3O3. The van der Waals surface area contributed by atoms with Gasteiger partial charge in [0, 0.05) is 32.0 Å². The molecule has 1 heterocycles. The van der Waals surface area contributed by atoms with Gasteiger partial charge in [-0.1, -0.05) is 0 Å². The number of morpholine rings is 1. The standard InChI is InChI=1S/C13H17N3O3/c1-15(2)13(18)14-10-3-5-11(6-4-10)16-7-8-19-9-12(16)17/h3-6H,7-9H2,1-2H3,(H,14,18). The van der Waals surface area contributed by atoms with E-state index in [2.05, 4.69) is 5.32 Å². The first-order valence-corrected chi connectivity index (χ1v) is 6.04. The minimum atomic E-state index is -0.185. The fourth-order valence-electron chi connectivity index (χ4n) is 1.75. The van der Waals surface area contributed by atoms with Gasteiger partial charge in [0.05, 0.1) is 6.61 Å². The van der Waals surface area contributed by atoms with E-state index < -0.39 is 0 Å². The number of amides is 3. The van der Waals surface area contributed by atoms with E-state index in [0.29, 0.717) is 18.8 Å². The molecule has 6 heteroatoms. The first-order chi connectivity index (χ1) is 9.08. The molecule has 1 aromatic rings. The molecule has 1 aliphatic rings. The van der Waals surface area contributed by atoms with Crippen LogP contribution in [0.1, 0.15) is 0 Å². The largest absolute Gasteiger partial charge is 0.370 e. The number of hydrogen-bond donors (Lipinski definition) is 1. The normalized spacial score (nSPS) is 15.3. The van der Waals surface area contributed by atoms with Gasteiger partial charge in [-0.25, -0.2) is 4.79 Å². The number of benzene rings is 1. The highest BCUT2D eigenvalue weighted by Gasteiger charge is 2.19. The van der Waals surface area contributed by atoms with Crippen LogP contribution < -0.4 is 10.2 Å². The Labute approximate surface area is 111 Å². The van der Waals surface area contributed by atoms with Gasteiger partial charge in [-0.2, -0.15) is 0 Å². The number of rotatable bonds is 2. The number of carbonyl (C=O) groups is 2. The molecule has 0 spiro atoms. The van der Waals surface area contributed by atoms with E-state index in [1.54, 1.807) is 31.1 Å². The van der Waals surface area contributed by atoms with Gasteiger partial charge >= 0.3 is 6.03 Å². The van der Waals surface area contributed by atoms with E-state index in [1.165, 1.54) is 4.90 Å². The van der Waals surface area contributed by atoms with Crippen LogP contribution in [-0.2, 0) is 9.53 Å². The Morgan fingerprint density at radius 1 is 1.32 bits per heavy atom. The van der Waals surface area contributed by atoms with Crippen LogP contribution in [0.5, 0.6) is 0 Å². The summed E-state index contributed by atoms with van der Waals surface area (Å²) in [5.74, 6) is -0.0451. The number of carbonyl (C=O) groups excluding carboxylic acids is 2. The maximum Gasteiger partial charge on any atom is 0.321 e. The van der Waals surface area contributed by atoms with Crippen molar-refractivity contribution < 1.29 is 14.3 Å². The lowest BCUT2D eigenvalue weighted by Crippen LogP contribution is -2.41. The molecule has 0 radical (unpaired) electrons. The van der Waals surface area contributed by atoms with Gasteiger partial charge in [0.25, 0.3) is 5.91 Å². The Morgan fingerprint density at radius 2 is 2.00 bits per heavy atom. The lowest BCUT2D eigenvalue weighted by Gasteiger charge is -2.27. The number of ether oxygens (including phenoxy) is 1. The van der Waals surface area contributed by atoms with Crippen LogP contribution >= 0.6 is 0 Å². The Bertz CT molecular complexity index is 471. The predicted molar refractivity (Wildman–Crippen MR) is 72.3 cm³/mol. The lowest BCUT2D eigenvalue weighted by molar-refractivity contribution is -0.125. The monoisotopic (exact) mass is 263 g/mol. The van der Waals surface area contributed by atoms with Gasteiger partial charge in [0.15, 0.2) is 0 Å². The molecule has 0 atom stereocenters. The highest BCUT2D eigenvalue weighted by molar-refractivity contribution is 5.95. The molecule has 19 heavy (non-hydrogen) atoms. The second-order valence-corrected chi connectivity index (χ2v) is 4.47. The molecule has 1 fully saturated rings. The van der Waals surface area contributed by atoms with Crippen LogP contribution in [0, 0.1) is 0 Å². The van der Waals surface area contributed by atoms with E-state index in [-0.39, 0.29) is 18.5 Å². The van der Waals surface area contributed by atoms with Gasteiger partial charge in [0.2, 0.25) is 0 Å². The summed E-state index contributed by atoms with van der Waals surface area (Å²) in [6, 6.07) is 7.00. The molecule has 2 rings (SSSR count). The number of hydrogen-bond acceptors (Lipinski definition) is 3. The van der Waals surface area contributed by atoms with E-state index in [1.807, 2.05) is 12.1 Å². The van der Waals surface area contributed by atoms with Crippen molar-refractivity contribution in [3.63, 3.8) is 0 Å². The van der Waals surface area contributed by atoms with Crippen LogP contribution in [0.25, 0.3) is 0 Å². The van der Waals surface area contributed by atoms with Crippen molar-refractivity contribution in [3.05, 3.63) is 24.3 Å². The summed E-state index contributed by atoms with van der Waals surface area (Å²) in [7, 11) is 3.35. The molecule has 1 N–H and O–H groups in total. The molecule has 3 amide bonds. The summed E-state index contributed by atoms with van der Waals surface area (Å²) in [6.07, 6.45) is 0. The van der Waals surface area contributed by atoms with Crippen molar-refractivity contribution in [2.45, 2.75) is 0 Å². The highest BCUT2D eigenvalue weighted by atomic mass is 16.5. The highest BCUT2D eigenvalue weighted by Crippen LogP contribution is 2.19. The number of anilines is 2. The summed E-state index contributed by atoms with van der Waals surface area (Å²) in [5, 5.41) is 2.74. The molecule has 1 aromatic carbocycles. The van der Waals surface area contributed by atoms with Crippen molar-refractivity contribution in [1.29, 1.82) is 0 Å². The van der Waals surface area contributed by atoms with Gasteiger partial charge in [-0.15, -0.1) is 0 Å². The fraction of sp³-hybridized carbons (Fsp3) is 0.385. The molecule has 6 nitrogen and oxygen atoms in total. The average Bonchev–Trinajstić information content (AvgIpc) is 2.40. The zero-order valence-corrected chi connectivity index (χ0v) is 11.0. The van der Waals surface area contributed by atoms with Gasteiger partial charge < -0.3 is 19.9 Å². The van der Waals surface area contributed by atoms with Crippen LogP contribution in [-0.4, -0.2) is 50.7 Å². The van der Waals surface area contributed by atoms with Crippen LogP contribution in [0.15, 0.2) is 24.3 Å². The molecular weight excluding hydrogens is 246 g/mol. The third-order valence-electron chi connectivity index (χ3n) is 2.82. The topological polar surface area (TPSA) is 61.9 Å². The minimum Gasteiger partial charge on any atom is -0.370 e. The van der Waals surface area contributed by atoms with Crippen LogP contribution in [0.4, 0.5) is 16.2 Å². The zero-order chi connectivity index (χ0) is 13.8. The molecule has 0 unspecified atom stereocenters. The summed E-state index contributed by atoms with van der Waals surface area (Å²) < 4.78 is 5.08. The quantitative estimate of drug-likeness (QED) is 0.870. The second kappa shape index (κ2) is 5.71. The molecule has 0 aromatic heterocycles. The molecule has 0 saturated carbocycles. The Balaban J connectivity index is 2.05. The molecule has 0 aliphatic carbocycles. The van der Waals surface area contributed by atoms with Gasteiger partial charge in [0.1, 0.15) is 6.61 Å². The Kier molecular flexibility index (Phi) is 4.01. The maximum absolute atomic E-state index is 11.7. The minimum absolute atomic E-state index is 0.0451. The van der Waals surface area contributed by atoms with Crippen molar-refractivity contribution >= 4 is 23.3 Å². The summed E-state index contributed by atoms with van der Waals surface area (Å²) in [6.45, 7) is 1.23. The van der Waals surface area contributed by atoms with Crippen LogP contribution in [0.3, 0.4) is 0 Å². The fourth-order valence-corrected chi connectivity index (χ4v) is 1.75. The van der Waals surface area contributed by atoms with Gasteiger partial charge in [-0.05, 0) is 24.3 Å². The van der Waals surface area contributed by atoms with Gasteiger partial charge in [-0.3, -0.25) is 4.79 Å². The molecule has 0 bridgehead atoms. The maximum atomic E-state index is 11.7. The van der Waals surface area contributed by atoms with E-state index in [0.717, 1.165) is 5.69 Å². The van der Waals surface area contributed by atoms with Crippen molar-refractivity contribution in [1.82, 2.24) is 4.90 Å². The molecule has 1 aliphatic heterocycles. The lowest BCUT2D eigenvalue weighted by atomic mass is 10.2. The predicted octanol–water partition coefficient (Wildman–Crippen LogP) is 1.14.